The number of nitrogens with one attached hydrogen (secondary N) is 1. The minimum Gasteiger partial charge on any atom is -0.319 e. The first-order valence-electron chi connectivity index (χ1n) is 8.21. The molecular weight excluding hydrogens is 260 g/mol. The Morgan fingerprint density at radius 1 is 1.14 bits per heavy atom. The van der Waals surface area contributed by atoms with E-state index in [4.69, 9.17) is 0 Å². The van der Waals surface area contributed by atoms with Gasteiger partial charge in [0.15, 0.2) is 0 Å². The fourth-order valence-electron chi connectivity index (χ4n) is 3.79. The number of benzene rings is 1. The predicted molar refractivity (Wildman–Crippen MR) is 84.6 cm³/mol. The summed E-state index contributed by atoms with van der Waals surface area (Å²) in [4.78, 5) is 14.9. The summed E-state index contributed by atoms with van der Waals surface area (Å²) in [5.41, 5.74) is 0.944. The Morgan fingerprint density at radius 3 is 2.48 bits per heavy atom. The fourth-order valence-corrected chi connectivity index (χ4v) is 3.79. The third kappa shape index (κ3) is 2.98. The van der Waals surface area contributed by atoms with Crippen LogP contribution in [-0.4, -0.2) is 22.5 Å². The summed E-state index contributed by atoms with van der Waals surface area (Å²) in [7, 11) is 0. The van der Waals surface area contributed by atoms with E-state index < -0.39 is 0 Å². The van der Waals surface area contributed by atoms with Crippen LogP contribution in [-0.2, 0) is 11.3 Å². The Bertz CT molecular complexity index is 491. The van der Waals surface area contributed by atoms with Crippen LogP contribution in [0.5, 0.6) is 0 Å². The Hall–Kier alpha value is -1.35. The van der Waals surface area contributed by atoms with Gasteiger partial charge in [-0.1, -0.05) is 49.6 Å². The van der Waals surface area contributed by atoms with Crippen LogP contribution < -0.4 is 5.32 Å². The molecule has 3 rings (SSSR count). The van der Waals surface area contributed by atoms with Gasteiger partial charge in [-0.3, -0.25) is 10.1 Å². The van der Waals surface area contributed by atoms with E-state index in [0.29, 0.717) is 12.5 Å². The number of amides is 1. The number of carbonyl (C=O) groups excluding carboxylic acids is 1. The van der Waals surface area contributed by atoms with E-state index in [9.17, 15) is 4.79 Å². The van der Waals surface area contributed by atoms with Crippen molar-refractivity contribution in [3.8, 4) is 0 Å². The summed E-state index contributed by atoms with van der Waals surface area (Å²) in [6.45, 7) is 4.94. The van der Waals surface area contributed by atoms with Crippen LogP contribution in [0.3, 0.4) is 0 Å². The molecule has 21 heavy (non-hydrogen) atoms. The van der Waals surface area contributed by atoms with Crippen molar-refractivity contribution in [2.45, 2.75) is 64.2 Å². The van der Waals surface area contributed by atoms with Gasteiger partial charge in [-0.25, -0.2) is 0 Å². The van der Waals surface area contributed by atoms with Gasteiger partial charge in [0, 0.05) is 6.54 Å². The monoisotopic (exact) mass is 286 g/mol. The van der Waals surface area contributed by atoms with Crippen molar-refractivity contribution in [1.82, 2.24) is 10.2 Å². The van der Waals surface area contributed by atoms with E-state index in [-0.39, 0.29) is 17.6 Å². The largest absolute Gasteiger partial charge is 0.319 e. The molecule has 0 unspecified atom stereocenters. The fraction of sp³-hybridized carbons (Fsp3) is 0.611. The molecule has 0 aromatic heterocycles. The zero-order valence-corrected chi connectivity index (χ0v) is 13.1. The highest BCUT2D eigenvalue weighted by atomic mass is 16.2. The van der Waals surface area contributed by atoms with Crippen molar-refractivity contribution in [2.24, 2.45) is 5.92 Å². The predicted octanol–water partition coefficient (Wildman–Crippen LogP) is 3.30. The van der Waals surface area contributed by atoms with Crippen LogP contribution in [0, 0.1) is 5.92 Å². The highest BCUT2D eigenvalue weighted by molar-refractivity contribution is 5.85. The number of hydrogen-bond acceptors (Lipinski definition) is 2. The Balaban J connectivity index is 1.75. The molecule has 114 valence electrons. The van der Waals surface area contributed by atoms with Crippen molar-refractivity contribution in [2.75, 3.05) is 0 Å². The zero-order chi connectivity index (χ0) is 14.9. The van der Waals surface area contributed by atoms with Crippen molar-refractivity contribution in [1.29, 1.82) is 0 Å². The van der Waals surface area contributed by atoms with Crippen molar-refractivity contribution < 1.29 is 4.79 Å². The minimum absolute atomic E-state index is 0.0176. The summed E-state index contributed by atoms with van der Waals surface area (Å²) in [5, 5.41) is 3.60. The summed E-state index contributed by atoms with van der Waals surface area (Å²) in [6.07, 6.45) is 6.26. The lowest BCUT2D eigenvalue weighted by atomic mass is 9.84. The first-order valence-corrected chi connectivity index (χ1v) is 8.21. The molecule has 1 atom stereocenters. The molecule has 3 nitrogen and oxygen atoms in total. The Labute approximate surface area is 127 Å². The number of carbonyl (C=O) groups is 1. The van der Waals surface area contributed by atoms with Gasteiger partial charge >= 0.3 is 0 Å². The van der Waals surface area contributed by atoms with Crippen molar-refractivity contribution in [3.05, 3.63) is 35.9 Å². The maximum atomic E-state index is 12.9. The smallest absolute Gasteiger partial charge is 0.241 e. The molecule has 1 amide bonds. The topological polar surface area (TPSA) is 32.3 Å². The van der Waals surface area contributed by atoms with Gasteiger partial charge in [0.2, 0.25) is 5.91 Å². The molecule has 1 aromatic carbocycles. The zero-order valence-electron chi connectivity index (χ0n) is 13.1. The van der Waals surface area contributed by atoms with Gasteiger partial charge in [-0.2, -0.15) is 0 Å². The highest BCUT2D eigenvalue weighted by Crippen LogP contribution is 2.33. The second kappa shape index (κ2) is 5.80. The van der Waals surface area contributed by atoms with E-state index in [1.165, 1.54) is 37.7 Å². The summed E-state index contributed by atoms with van der Waals surface area (Å²) < 4.78 is 0. The van der Waals surface area contributed by atoms with Gasteiger partial charge in [0.1, 0.15) is 0 Å². The lowest BCUT2D eigenvalue weighted by Crippen LogP contribution is -2.47. The second-order valence-corrected chi connectivity index (χ2v) is 6.99. The highest BCUT2D eigenvalue weighted by Gasteiger charge is 2.47. The molecule has 1 aromatic rings. The SMILES string of the molecule is CC1(C)N[C@@H](C2CCCCC2)C(=O)N1Cc1ccccc1. The standard InChI is InChI=1S/C18H26N2O/c1-18(2)19-16(15-11-7-4-8-12-15)17(21)20(18)13-14-9-5-3-6-10-14/h3,5-6,9-10,15-16,19H,4,7-8,11-13H2,1-2H3/t16-/m0/s1. The molecular formula is C18H26N2O. The Kier molecular flexibility index (Phi) is 4.03. The van der Waals surface area contributed by atoms with Crippen molar-refractivity contribution in [3.63, 3.8) is 0 Å². The van der Waals surface area contributed by atoms with Crippen molar-refractivity contribution >= 4 is 5.91 Å². The van der Waals surface area contributed by atoms with E-state index in [2.05, 4.69) is 31.3 Å². The molecule has 1 N–H and O–H groups in total. The molecule has 1 heterocycles. The molecule has 1 saturated heterocycles. The average Bonchev–Trinajstić information content (AvgIpc) is 2.73. The van der Waals surface area contributed by atoms with E-state index in [1.807, 2.05) is 23.1 Å². The van der Waals surface area contributed by atoms with Crippen LogP contribution >= 0.6 is 0 Å². The minimum atomic E-state index is -0.255. The summed E-state index contributed by atoms with van der Waals surface area (Å²) in [5.74, 6) is 0.807. The van der Waals surface area contributed by atoms with Crippen LogP contribution in [0.25, 0.3) is 0 Å². The van der Waals surface area contributed by atoms with E-state index >= 15 is 0 Å². The van der Waals surface area contributed by atoms with Crippen LogP contribution in [0.15, 0.2) is 30.3 Å². The first kappa shape index (κ1) is 14.6. The molecule has 0 bridgehead atoms. The molecule has 2 aliphatic rings. The average molecular weight is 286 g/mol. The Morgan fingerprint density at radius 2 is 1.81 bits per heavy atom. The number of nitrogens with zero attached hydrogens (tertiary/aromatic N) is 1. The van der Waals surface area contributed by atoms with Gasteiger partial charge in [-0.15, -0.1) is 0 Å². The number of rotatable bonds is 3. The summed E-state index contributed by atoms with van der Waals surface area (Å²) >= 11 is 0. The third-order valence-electron chi connectivity index (χ3n) is 5.02. The van der Waals surface area contributed by atoms with Crippen LogP contribution in [0.2, 0.25) is 0 Å². The van der Waals surface area contributed by atoms with Crippen LogP contribution in [0.1, 0.15) is 51.5 Å². The molecule has 0 radical (unpaired) electrons. The van der Waals surface area contributed by atoms with Gasteiger partial charge < -0.3 is 4.90 Å². The lowest BCUT2D eigenvalue weighted by molar-refractivity contribution is -0.133. The van der Waals surface area contributed by atoms with Gasteiger partial charge in [-0.05, 0) is 38.2 Å². The maximum absolute atomic E-state index is 12.9. The molecule has 1 aliphatic carbocycles. The second-order valence-electron chi connectivity index (χ2n) is 6.99. The lowest BCUT2D eigenvalue weighted by Gasteiger charge is -2.31. The molecule has 1 aliphatic heterocycles. The molecule has 1 saturated carbocycles. The first-order chi connectivity index (χ1) is 10.1. The quantitative estimate of drug-likeness (QED) is 0.924. The van der Waals surface area contributed by atoms with Crippen LogP contribution in [0.4, 0.5) is 0 Å². The van der Waals surface area contributed by atoms with E-state index in [0.717, 1.165) is 0 Å². The number of hydrogen-bond donors (Lipinski definition) is 1. The molecule has 0 spiro atoms. The summed E-state index contributed by atoms with van der Waals surface area (Å²) in [6, 6.07) is 10.3. The molecule has 3 heteroatoms. The van der Waals surface area contributed by atoms with Gasteiger partial charge in [0.25, 0.3) is 0 Å². The molecule has 2 fully saturated rings. The van der Waals surface area contributed by atoms with Gasteiger partial charge in [0.05, 0.1) is 11.7 Å². The third-order valence-corrected chi connectivity index (χ3v) is 5.02. The maximum Gasteiger partial charge on any atom is 0.241 e. The normalized spacial score (nSPS) is 26.3. The van der Waals surface area contributed by atoms with E-state index in [1.54, 1.807) is 0 Å².